The molecule has 0 N–H and O–H groups in total. The van der Waals surface area contributed by atoms with Gasteiger partial charge in [-0.05, 0) is 24.3 Å². The van der Waals surface area contributed by atoms with Gasteiger partial charge in [0, 0.05) is 11.4 Å². The molecular weight excluding hydrogens is 212 g/mol. The zero-order valence-corrected chi connectivity index (χ0v) is 16.2. The van der Waals surface area contributed by atoms with Gasteiger partial charge in [0.25, 0.3) is 0 Å². The average molecular weight is 229 g/mol. The van der Waals surface area contributed by atoms with E-state index in [-0.39, 0.29) is 0 Å². The first-order valence-corrected chi connectivity index (χ1v) is 7.64. The fourth-order valence-electron chi connectivity index (χ4n) is 1.05. The molecule has 0 aromatic heterocycles. The second kappa shape index (κ2) is 4.08. The third-order valence-corrected chi connectivity index (χ3v) is 3.95. The van der Waals surface area contributed by atoms with Gasteiger partial charge >= 0.3 is 0 Å². The molecule has 0 aliphatic carbocycles. The predicted molar refractivity (Wildman–Crippen MR) is 71.2 cm³/mol. The molecule has 0 spiro atoms. The number of hydrogen-bond acceptors (Lipinski definition) is 2. The molecule has 0 bridgehead atoms. The largest absolute Gasteiger partial charge is 0.439 e. The van der Waals surface area contributed by atoms with E-state index >= 15 is 0 Å². The fourth-order valence-corrected chi connectivity index (χ4v) is 2.24. The van der Waals surface area contributed by atoms with Crippen molar-refractivity contribution in [3.8, 4) is 0 Å². The fraction of sp³-hybridized carbons (Fsp3) is 0. The molecule has 0 unspecified atom stereocenters. The predicted octanol–water partition coefficient (Wildman–Crippen LogP) is -3.58. The summed E-state index contributed by atoms with van der Waals surface area (Å²) >= 11 is 0. The van der Waals surface area contributed by atoms with Crippen LogP contribution in [0.4, 0.5) is 11.4 Å². The Morgan fingerprint density at radius 2 is 0.917 bits per heavy atom. The highest BCUT2D eigenvalue weighted by Gasteiger charge is 1.95. The summed E-state index contributed by atoms with van der Waals surface area (Å²) in [5, 5.41) is 0. The standard InChI is InChI=1S/C6H16N2Si4/c9-7(10)5-1-2-6(4-3-5)8(11)12/h1-4H,9-12H3. The van der Waals surface area contributed by atoms with Crippen molar-refractivity contribution in [3.63, 3.8) is 0 Å². The monoisotopic (exact) mass is 228 g/mol. The van der Waals surface area contributed by atoms with Crippen molar-refractivity contribution < 1.29 is 0 Å². The van der Waals surface area contributed by atoms with Gasteiger partial charge in [-0.15, -0.1) is 0 Å². The van der Waals surface area contributed by atoms with Crippen molar-refractivity contribution in [1.82, 2.24) is 0 Å². The Labute approximate surface area is 86.0 Å². The Balaban J connectivity index is 2.86. The Bertz CT molecular complexity index is 219. The van der Waals surface area contributed by atoms with Crippen LogP contribution in [0.1, 0.15) is 0 Å². The molecule has 1 aromatic rings. The third kappa shape index (κ3) is 2.34. The molecule has 0 fully saturated rings. The van der Waals surface area contributed by atoms with Crippen LogP contribution in [0.25, 0.3) is 0 Å². The number of rotatable bonds is 2. The maximum atomic E-state index is 2.40. The van der Waals surface area contributed by atoms with Crippen LogP contribution < -0.4 is 8.46 Å². The third-order valence-electron chi connectivity index (χ3n) is 1.88. The summed E-state index contributed by atoms with van der Waals surface area (Å²) in [4.78, 5) is 0. The molecule has 0 aliphatic rings. The Morgan fingerprint density at radius 3 is 1.08 bits per heavy atom. The Morgan fingerprint density at radius 1 is 0.667 bits per heavy atom. The minimum absolute atomic E-state index is 1.15. The normalized spacial score (nSPS) is 10.7. The lowest BCUT2D eigenvalue weighted by atomic mass is 10.3. The van der Waals surface area contributed by atoms with Gasteiger partial charge in [-0.3, -0.25) is 0 Å². The van der Waals surface area contributed by atoms with Crippen molar-refractivity contribution in [1.29, 1.82) is 0 Å². The first kappa shape index (κ1) is 9.77. The van der Waals surface area contributed by atoms with Crippen LogP contribution in [0.15, 0.2) is 24.3 Å². The quantitative estimate of drug-likeness (QED) is 0.483. The highest BCUT2D eigenvalue weighted by Crippen LogP contribution is 2.16. The molecule has 0 saturated heterocycles. The van der Waals surface area contributed by atoms with Crippen molar-refractivity contribution in [2.75, 3.05) is 8.46 Å². The molecule has 1 aromatic carbocycles. The summed E-state index contributed by atoms with van der Waals surface area (Å²) in [5.74, 6) is 0. The van der Waals surface area contributed by atoms with Gasteiger partial charge in [-0.25, -0.2) is 0 Å². The van der Waals surface area contributed by atoms with E-state index in [2.05, 4.69) is 32.7 Å². The highest BCUT2D eigenvalue weighted by molar-refractivity contribution is 6.42. The van der Waals surface area contributed by atoms with E-state index in [1.54, 1.807) is 0 Å². The highest BCUT2D eigenvalue weighted by atomic mass is 28.2. The smallest absolute Gasteiger partial charge is 0.0965 e. The van der Waals surface area contributed by atoms with Gasteiger partial charge in [-0.2, -0.15) is 0 Å². The molecule has 66 valence electrons. The van der Waals surface area contributed by atoms with E-state index in [4.69, 9.17) is 0 Å². The van der Waals surface area contributed by atoms with Gasteiger partial charge < -0.3 is 8.46 Å². The average Bonchev–Trinajstić information content (AvgIpc) is 2.04. The van der Waals surface area contributed by atoms with E-state index in [9.17, 15) is 0 Å². The summed E-state index contributed by atoms with van der Waals surface area (Å²) in [6.45, 7) is 0. The van der Waals surface area contributed by atoms with Gasteiger partial charge in [-0.1, -0.05) is 0 Å². The SMILES string of the molecule is [SiH3]N([SiH3])c1ccc(N([SiH3])[SiH3])cc1. The van der Waals surface area contributed by atoms with Crippen molar-refractivity contribution in [3.05, 3.63) is 24.3 Å². The Kier molecular flexibility index (Phi) is 3.32. The van der Waals surface area contributed by atoms with Crippen LogP contribution >= 0.6 is 0 Å². The van der Waals surface area contributed by atoms with Crippen molar-refractivity contribution in [2.24, 2.45) is 0 Å². The summed E-state index contributed by atoms with van der Waals surface area (Å²) in [5.41, 5.74) is 2.78. The van der Waals surface area contributed by atoms with Crippen LogP contribution in [0.3, 0.4) is 0 Å². The van der Waals surface area contributed by atoms with Crippen LogP contribution in [0, 0.1) is 0 Å². The molecule has 0 aliphatic heterocycles. The lowest BCUT2D eigenvalue weighted by molar-refractivity contribution is 1.53. The zero-order valence-electron chi connectivity index (χ0n) is 8.20. The van der Waals surface area contributed by atoms with E-state index in [0.29, 0.717) is 0 Å². The van der Waals surface area contributed by atoms with E-state index in [1.165, 1.54) is 11.4 Å². The minimum atomic E-state index is 1.15. The molecule has 0 radical (unpaired) electrons. The number of anilines is 2. The maximum absolute atomic E-state index is 2.40. The molecule has 0 atom stereocenters. The van der Waals surface area contributed by atoms with E-state index < -0.39 is 0 Å². The van der Waals surface area contributed by atoms with Crippen LogP contribution in [0.2, 0.25) is 0 Å². The molecule has 2 nitrogen and oxygen atoms in total. The number of nitrogens with zero attached hydrogens (tertiary/aromatic N) is 2. The van der Waals surface area contributed by atoms with Gasteiger partial charge in [0.2, 0.25) is 0 Å². The lowest BCUT2D eigenvalue weighted by Gasteiger charge is -2.17. The van der Waals surface area contributed by atoms with Gasteiger partial charge in [0.15, 0.2) is 0 Å². The van der Waals surface area contributed by atoms with Gasteiger partial charge in [0.05, 0.1) is 41.6 Å². The molecule has 12 heavy (non-hydrogen) atoms. The van der Waals surface area contributed by atoms with E-state index in [0.717, 1.165) is 41.6 Å². The summed E-state index contributed by atoms with van der Waals surface area (Å²) in [7, 11) is 4.60. The summed E-state index contributed by atoms with van der Waals surface area (Å²) in [6.07, 6.45) is 0. The van der Waals surface area contributed by atoms with Crippen LogP contribution in [-0.4, -0.2) is 41.6 Å². The lowest BCUT2D eigenvalue weighted by Crippen LogP contribution is -2.15. The number of benzene rings is 1. The summed E-state index contributed by atoms with van der Waals surface area (Å²) in [6, 6.07) is 8.94. The molecule has 0 saturated carbocycles. The van der Waals surface area contributed by atoms with Crippen molar-refractivity contribution >= 4 is 53.0 Å². The first-order chi connectivity index (χ1) is 5.61. The number of hydrogen-bond donors (Lipinski definition) is 0. The second-order valence-corrected chi connectivity index (χ2v) is 12.2. The maximum Gasteiger partial charge on any atom is 0.0965 e. The molecule has 6 heteroatoms. The topological polar surface area (TPSA) is 6.48 Å². The summed E-state index contributed by atoms with van der Waals surface area (Å²) < 4.78 is 4.79. The van der Waals surface area contributed by atoms with Crippen molar-refractivity contribution in [2.45, 2.75) is 0 Å². The van der Waals surface area contributed by atoms with Crippen LogP contribution in [0.5, 0.6) is 0 Å². The molecular formula is C6H16N2Si4. The van der Waals surface area contributed by atoms with Crippen LogP contribution in [-0.2, 0) is 0 Å². The molecule has 1 rings (SSSR count). The van der Waals surface area contributed by atoms with E-state index in [1.807, 2.05) is 0 Å². The van der Waals surface area contributed by atoms with Gasteiger partial charge in [0.1, 0.15) is 0 Å². The molecule has 0 heterocycles. The first-order valence-electron chi connectivity index (χ1n) is 4.06. The minimum Gasteiger partial charge on any atom is -0.439 e. The zero-order chi connectivity index (χ0) is 9.14. The second-order valence-electron chi connectivity index (χ2n) is 3.31. The molecule has 0 amide bonds. The Hall–Kier alpha value is -0.312.